The fraction of sp³-hybridized carbons (Fsp3) is 0.0240. The van der Waals surface area contributed by atoms with E-state index in [1.54, 1.807) is 62.0 Å². The molecule has 0 aliphatic carbocycles. The molecule has 140 heavy (non-hydrogen) atoms. The number of aromatic nitrogens is 10. The summed E-state index contributed by atoms with van der Waals surface area (Å²) in [6, 6.07) is 181. The third-order valence-electron chi connectivity index (χ3n) is 19.7. The van der Waals surface area contributed by atoms with Gasteiger partial charge in [0.05, 0.1) is 0 Å². The van der Waals surface area contributed by atoms with Gasteiger partial charge in [-0.2, -0.15) is 0 Å². The molecule has 22 aromatic rings. The number of hydrogen-bond donors (Lipinski definition) is 0. The van der Waals surface area contributed by atoms with E-state index in [1.807, 2.05) is 388 Å². The molecule has 0 saturated carbocycles. The van der Waals surface area contributed by atoms with Gasteiger partial charge >= 0.3 is 0 Å². The van der Waals surface area contributed by atoms with Gasteiger partial charge in [-0.3, -0.25) is 0 Å². The molecule has 0 atom stereocenters. The molecular weight excluding hydrogens is 2600 g/mol. The number of hydrogen-bond acceptors (Lipinski definition) is 10. The maximum Gasteiger partial charge on any atom is 0.0160 e. The van der Waals surface area contributed by atoms with Crippen molar-refractivity contribution in [3.63, 3.8) is 0 Å². The largest absolute Gasteiger partial charge is 0.305 e. The van der Waals surface area contributed by atoms with Gasteiger partial charge in [-0.05, 0) is 123 Å². The molecule has 699 valence electrons. The van der Waals surface area contributed by atoms with Crippen LogP contribution in [-0.2, 0) is 101 Å². The van der Waals surface area contributed by atoms with Crippen molar-refractivity contribution >= 4 is 0 Å². The SMILES string of the molecule is Cc1c[c-]c(-c2ccccn2)cc1.Cc1cc[c-]c(-c2ccccn2)c1.Cc1cc[c-]c(-c2ccccn2)c1.[Ir].[Ir].[Ir].[Ir].[Ir].[c-]1cc(-c2ccccc2)ccc1-c1ccccn1.[c-]1ccc(-c2ccccc2)cc1-c1ccccn1.[c-]1ccccc1-c1ccccn1.[c-]1ccccc1-c1ccccn1.[c-]1ccccc1-c1ccccn1.[c-]1ccccc1-c1ccccn1.[c-]1ccccc1-c1ccccn1. The fourth-order valence-corrected chi connectivity index (χ4v) is 12.9. The number of nitrogens with zero attached hydrogens (tertiary/aromatic N) is 10. The van der Waals surface area contributed by atoms with Crippen LogP contribution in [-0.4, -0.2) is 49.8 Å². The summed E-state index contributed by atoms with van der Waals surface area (Å²) >= 11 is 0. The van der Waals surface area contributed by atoms with Crippen molar-refractivity contribution in [2.75, 3.05) is 0 Å². The van der Waals surface area contributed by atoms with Crippen LogP contribution in [0.5, 0.6) is 0 Å². The molecule has 0 aliphatic rings. The van der Waals surface area contributed by atoms with Crippen LogP contribution in [0.25, 0.3) is 135 Å². The van der Waals surface area contributed by atoms with Crippen molar-refractivity contribution in [1.29, 1.82) is 0 Å². The average molecular weight is 2700 g/mol. The molecular formula is C125H94Ir5N10-10. The molecule has 0 N–H and O–H groups in total. The van der Waals surface area contributed by atoms with Gasteiger partial charge in [-0.15, -0.1) is 351 Å². The van der Waals surface area contributed by atoms with E-state index >= 15 is 0 Å². The van der Waals surface area contributed by atoms with E-state index in [-0.39, 0.29) is 101 Å². The predicted octanol–water partition coefficient (Wildman–Crippen LogP) is 29.7. The minimum atomic E-state index is 0. The molecule has 15 heteroatoms. The second-order valence-electron chi connectivity index (χ2n) is 29.6. The Balaban J connectivity index is 0.000000191. The fourth-order valence-electron chi connectivity index (χ4n) is 12.9. The Bertz CT molecular complexity index is 6140. The quantitative estimate of drug-likeness (QED) is 0.109. The molecule has 10 nitrogen and oxygen atoms in total. The summed E-state index contributed by atoms with van der Waals surface area (Å²) in [5.74, 6) is 0. The van der Waals surface area contributed by atoms with Crippen LogP contribution in [0.1, 0.15) is 16.7 Å². The summed E-state index contributed by atoms with van der Waals surface area (Å²) in [5, 5.41) is 0. The third-order valence-corrected chi connectivity index (χ3v) is 19.7. The molecule has 0 fully saturated rings. The zero-order valence-corrected chi connectivity index (χ0v) is 88.7. The maximum absolute atomic E-state index is 4.35. The molecule has 10 aromatic heterocycles. The van der Waals surface area contributed by atoms with Crippen LogP contribution in [0.2, 0.25) is 0 Å². The van der Waals surface area contributed by atoms with Gasteiger partial charge in [0.15, 0.2) is 0 Å². The Kier molecular flexibility index (Phi) is 51.0. The molecule has 12 aromatic carbocycles. The average Bonchev–Trinajstić information content (AvgIpc) is 0.841. The van der Waals surface area contributed by atoms with Crippen molar-refractivity contribution in [2.45, 2.75) is 20.8 Å². The van der Waals surface area contributed by atoms with Gasteiger partial charge in [-0.1, -0.05) is 214 Å². The van der Waals surface area contributed by atoms with Crippen LogP contribution in [0, 0.1) is 81.4 Å². The zero-order chi connectivity index (χ0) is 92.8. The number of aryl methyl sites for hydroxylation is 3. The molecule has 0 aliphatic heterocycles. The van der Waals surface area contributed by atoms with Gasteiger partial charge in [-0.25, -0.2) is 0 Å². The first-order valence-corrected chi connectivity index (χ1v) is 43.9. The Hall–Kier alpha value is -14.6. The smallest absolute Gasteiger partial charge is 0.0160 e. The number of benzene rings is 12. The number of rotatable bonds is 12. The van der Waals surface area contributed by atoms with Gasteiger partial charge in [0, 0.05) is 162 Å². The summed E-state index contributed by atoms with van der Waals surface area (Å²) in [5.41, 5.74) is 28.6. The van der Waals surface area contributed by atoms with E-state index < -0.39 is 0 Å². The molecule has 10 heterocycles. The van der Waals surface area contributed by atoms with Crippen LogP contribution in [0.15, 0.2) is 517 Å². The zero-order valence-electron chi connectivity index (χ0n) is 76.7. The van der Waals surface area contributed by atoms with E-state index in [0.717, 1.165) is 113 Å². The molecule has 0 unspecified atom stereocenters. The summed E-state index contributed by atoms with van der Waals surface area (Å²) in [6.45, 7) is 6.19. The Labute approximate surface area is 891 Å². The van der Waals surface area contributed by atoms with Gasteiger partial charge in [0.1, 0.15) is 0 Å². The normalized spacial score (nSPS) is 9.54. The standard InChI is InChI=1S/2C17H12N.3C12H10N.5C11H8N.5Ir/c1-2-7-14(8-3-1)15-9-6-10-16(13-15)17-11-4-5-12-18-17;1-2-6-14(7-3-1)15-9-11-16(12-10-15)17-8-4-5-13-18-17;2*1-10-5-4-6-11(9-10)12-7-2-3-8-13-12;1-10-5-7-11(8-6-10)12-4-2-3-9-13-12;5*1-2-6-10(7-3-1)11-8-4-5-9-12-11;;;;;/h1-9,11-13H;1-11,13H;2*2-5,7-9H,1H3;2-7,9H,1H3;5*1-6,8-9H;;;;;/q10*-1;;;;;. The van der Waals surface area contributed by atoms with Crippen molar-refractivity contribution in [3.8, 4) is 135 Å². The van der Waals surface area contributed by atoms with Crippen LogP contribution < -0.4 is 0 Å². The van der Waals surface area contributed by atoms with Crippen molar-refractivity contribution in [1.82, 2.24) is 49.8 Å². The van der Waals surface area contributed by atoms with Crippen molar-refractivity contribution in [3.05, 3.63) is 594 Å². The maximum atomic E-state index is 4.35. The topological polar surface area (TPSA) is 129 Å². The Morgan fingerprint density at radius 1 is 0.136 bits per heavy atom. The van der Waals surface area contributed by atoms with Crippen LogP contribution >= 0.6 is 0 Å². The van der Waals surface area contributed by atoms with E-state index in [1.165, 1.54) is 38.9 Å². The molecule has 0 saturated heterocycles. The summed E-state index contributed by atoms with van der Waals surface area (Å²) in [7, 11) is 0. The summed E-state index contributed by atoms with van der Waals surface area (Å²) < 4.78 is 0. The molecule has 0 spiro atoms. The minimum absolute atomic E-state index is 0. The second kappa shape index (κ2) is 64.5. The van der Waals surface area contributed by atoms with Crippen LogP contribution in [0.3, 0.4) is 0 Å². The van der Waals surface area contributed by atoms with E-state index in [2.05, 4.69) is 198 Å². The first-order chi connectivity index (χ1) is 66.8. The number of pyridine rings is 10. The molecule has 0 amide bonds. The summed E-state index contributed by atoms with van der Waals surface area (Å²) in [4.78, 5) is 42.5. The monoisotopic (exact) mass is 2700 g/mol. The van der Waals surface area contributed by atoms with Gasteiger partial charge in [0.25, 0.3) is 0 Å². The first kappa shape index (κ1) is 111. The summed E-state index contributed by atoms with van der Waals surface area (Å²) in [6.07, 6.45) is 17.9. The van der Waals surface area contributed by atoms with Crippen molar-refractivity contribution in [2.24, 2.45) is 0 Å². The molecule has 0 bridgehead atoms. The van der Waals surface area contributed by atoms with E-state index in [0.29, 0.717) is 0 Å². The first-order valence-electron chi connectivity index (χ1n) is 43.9. The second-order valence-corrected chi connectivity index (χ2v) is 29.6. The Morgan fingerprint density at radius 2 is 0.350 bits per heavy atom. The van der Waals surface area contributed by atoms with Crippen molar-refractivity contribution < 1.29 is 101 Å². The third kappa shape index (κ3) is 38.4. The predicted molar refractivity (Wildman–Crippen MR) is 550 cm³/mol. The van der Waals surface area contributed by atoms with E-state index in [9.17, 15) is 0 Å². The van der Waals surface area contributed by atoms with Gasteiger partial charge in [0.2, 0.25) is 0 Å². The molecule has 22 rings (SSSR count). The van der Waals surface area contributed by atoms with Crippen LogP contribution in [0.4, 0.5) is 0 Å². The van der Waals surface area contributed by atoms with E-state index in [4.69, 9.17) is 0 Å². The minimum Gasteiger partial charge on any atom is -0.305 e. The molecule has 5 radical (unpaired) electrons. The van der Waals surface area contributed by atoms with Gasteiger partial charge < -0.3 is 49.8 Å². The Morgan fingerprint density at radius 3 is 0.571 bits per heavy atom.